The first kappa shape index (κ1) is 8.33. The highest BCUT2D eigenvalue weighted by molar-refractivity contribution is 5.69. The highest BCUT2D eigenvalue weighted by Gasteiger charge is 2.22. The van der Waals surface area contributed by atoms with Gasteiger partial charge in [0.15, 0.2) is 0 Å². The monoisotopic (exact) mass is 158 g/mol. The Balaban J connectivity index is 2.30. The summed E-state index contributed by atoms with van der Waals surface area (Å²) in [6.07, 6.45) is -0.188. The van der Waals surface area contributed by atoms with E-state index in [1.807, 2.05) is 14.0 Å². The second-order valence-electron chi connectivity index (χ2n) is 2.75. The number of carbonyl (C=O) groups is 1. The summed E-state index contributed by atoms with van der Waals surface area (Å²) in [7, 11) is 1.88. The van der Waals surface area contributed by atoms with Gasteiger partial charge in [0.05, 0.1) is 6.54 Å². The fraction of sp³-hybridized carbons (Fsp3) is 0.857. The molecule has 1 fully saturated rings. The molecule has 1 rings (SSSR count). The van der Waals surface area contributed by atoms with Crippen LogP contribution < -0.4 is 5.32 Å². The zero-order chi connectivity index (χ0) is 8.27. The molecule has 0 aliphatic carbocycles. The average Bonchev–Trinajstić information content (AvgIpc) is 2.37. The van der Waals surface area contributed by atoms with Crippen LogP contribution in [0, 0.1) is 0 Å². The van der Waals surface area contributed by atoms with Crippen molar-refractivity contribution in [3.05, 3.63) is 0 Å². The fourth-order valence-corrected chi connectivity index (χ4v) is 1.01. The van der Waals surface area contributed by atoms with Crippen molar-refractivity contribution in [2.45, 2.75) is 13.0 Å². The van der Waals surface area contributed by atoms with Gasteiger partial charge in [0, 0.05) is 12.6 Å². The third kappa shape index (κ3) is 2.08. The molecule has 1 saturated heterocycles. The topological polar surface area (TPSA) is 41.6 Å². The van der Waals surface area contributed by atoms with E-state index < -0.39 is 0 Å². The third-order valence-electron chi connectivity index (χ3n) is 1.83. The molecule has 0 aromatic heterocycles. The van der Waals surface area contributed by atoms with E-state index in [0.717, 1.165) is 13.1 Å². The number of hydrogen-bond donors (Lipinski definition) is 1. The van der Waals surface area contributed by atoms with Crippen molar-refractivity contribution in [1.29, 1.82) is 0 Å². The SMILES string of the molecule is CNC(C)CN1CCOC1=O. The molecule has 1 heterocycles. The van der Waals surface area contributed by atoms with Crippen LogP contribution >= 0.6 is 0 Å². The highest BCUT2D eigenvalue weighted by Crippen LogP contribution is 2.03. The van der Waals surface area contributed by atoms with Crippen LogP contribution in [-0.4, -0.2) is 43.8 Å². The van der Waals surface area contributed by atoms with Crippen LogP contribution in [0.15, 0.2) is 0 Å². The summed E-state index contributed by atoms with van der Waals surface area (Å²) < 4.78 is 4.77. The first-order valence-electron chi connectivity index (χ1n) is 3.83. The minimum atomic E-state index is -0.188. The molecule has 1 N–H and O–H groups in total. The largest absolute Gasteiger partial charge is 0.448 e. The molecular formula is C7H14N2O2. The first-order valence-corrected chi connectivity index (χ1v) is 3.83. The molecule has 0 saturated carbocycles. The minimum Gasteiger partial charge on any atom is -0.448 e. The van der Waals surface area contributed by atoms with Gasteiger partial charge >= 0.3 is 6.09 Å². The van der Waals surface area contributed by atoms with E-state index in [-0.39, 0.29) is 6.09 Å². The summed E-state index contributed by atoms with van der Waals surface area (Å²) in [4.78, 5) is 12.6. The molecule has 1 atom stereocenters. The van der Waals surface area contributed by atoms with Crippen LogP contribution in [0.25, 0.3) is 0 Å². The van der Waals surface area contributed by atoms with E-state index >= 15 is 0 Å². The number of carbonyl (C=O) groups excluding carboxylic acids is 1. The predicted molar refractivity (Wildman–Crippen MR) is 41.4 cm³/mol. The van der Waals surface area contributed by atoms with Gasteiger partial charge in [-0.3, -0.25) is 0 Å². The molecule has 0 bridgehead atoms. The lowest BCUT2D eigenvalue weighted by atomic mass is 10.3. The second kappa shape index (κ2) is 3.57. The molecule has 0 radical (unpaired) electrons. The lowest BCUT2D eigenvalue weighted by Gasteiger charge is -2.17. The summed E-state index contributed by atoms with van der Waals surface area (Å²) in [5, 5.41) is 3.06. The summed E-state index contributed by atoms with van der Waals surface area (Å²) in [6.45, 7) is 4.03. The summed E-state index contributed by atoms with van der Waals surface area (Å²) in [6, 6.07) is 0.334. The van der Waals surface area contributed by atoms with Gasteiger partial charge in [0.25, 0.3) is 0 Å². The van der Waals surface area contributed by atoms with Crippen LogP contribution in [0.4, 0.5) is 4.79 Å². The van der Waals surface area contributed by atoms with Gasteiger partial charge in [0.1, 0.15) is 6.61 Å². The van der Waals surface area contributed by atoms with Gasteiger partial charge in [-0.05, 0) is 14.0 Å². The number of likely N-dealkylation sites (N-methyl/N-ethyl adjacent to an activating group) is 1. The average molecular weight is 158 g/mol. The van der Waals surface area contributed by atoms with Gasteiger partial charge in [0.2, 0.25) is 0 Å². The number of nitrogens with one attached hydrogen (secondary N) is 1. The highest BCUT2D eigenvalue weighted by atomic mass is 16.6. The van der Waals surface area contributed by atoms with Crippen LogP contribution in [0.5, 0.6) is 0 Å². The maximum atomic E-state index is 10.9. The zero-order valence-corrected chi connectivity index (χ0v) is 6.96. The first-order chi connectivity index (χ1) is 5.24. The quantitative estimate of drug-likeness (QED) is 0.631. The Morgan fingerprint density at radius 1 is 1.82 bits per heavy atom. The lowest BCUT2D eigenvalue weighted by Crippen LogP contribution is -2.37. The van der Waals surface area contributed by atoms with Crippen molar-refractivity contribution in [3.63, 3.8) is 0 Å². The number of hydrogen-bond acceptors (Lipinski definition) is 3. The fourth-order valence-electron chi connectivity index (χ4n) is 1.01. The number of amides is 1. The molecule has 11 heavy (non-hydrogen) atoms. The molecule has 64 valence electrons. The number of rotatable bonds is 3. The minimum absolute atomic E-state index is 0.188. The molecule has 4 heteroatoms. The van der Waals surface area contributed by atoms with E-state index in [9.17, 15) is 4.79 Å². The van der Waals surface area contributed by atoms with E-state index in [4.69, 9.17) is 4.74 Å². The van der Waals surface area contributed by atoms with Crippen LogP contribution in [0.2, 0.25) is 0 Å². The second-order valence-corrected chi connectivity index (χ2v) is 2.75. The Morgan fingerprint density at radius 3 is 3.00 bits per heavy atom. The number of ether oxygens (including phenoxy) is 1. The Hall–Kier alpha value is -0.770. The Morgan fingerprint density at radius 2 is 2.55 bits per heavy atom. The maximum absolute atomic E-state index is 10.9. The van der Waals surface area contributed by atoms with Gasteiger partial charge < -0.3 is 15.0 Å². The molecule has 0 aromatic carbocycles. The van der Waals surface area contributed by atoms with E-state index in [2.05, 4.69) is 5.32 Å². The van der Waals surface area contributed by atoms with Crippen molar-refractivity contribution in [2.24, 2.45) is 0 Å². The summed E-state index contributed by atoms with van der Waals surface area (Å²) in [5.74, 6) is 0. The Bertz CT molecular complexity index is 149. The van der Waals surface area contributed by atoms with Crippen LogP contribution in [0.1, 0.15) is 6.92 Å². The number of nitrogens with zero attached hydrogens (tertiary/aromatic N) is 1. The molecule has 1 aliphatic rings. The van der Waals surface area contributed by atoms with E-state index in [0.29, 0.717) is 12.6 Å². The lowest BCUT2D eigenvalue weighted by molar-refractivity contribution is 0.156. The summed E-state index contributed by atoms with van der Waals surface area (Å²) >= 11 is 0. The standard InChI is InChI=1S/C7H14N2O2/c1-6(8-2)5-9-3-4-11-7(9)10/h6,8H,3-5H2,1-2H3. The van der Waals surface area contributed by atoms with Crippen LogP contribution in [-0.2, 0) is 4.74 Å². The molecule has 1 unspecified atom stereocenters. The molecule has 1 aliphatic heterocycles. The third-order valence-corrected chi connectivity index (χ3v) is 1.83. The molecule has 0 spiro atoms. The smallest absolute Gasteiger partial charge is 0.409 e. The van der Waals surface area contributed by atoms with Crippen molar-refractivity contribution in [3.8, 4) is 0 Å². The molecular weight excluding hydrogens is 144 g/mol. The van der Waals surface area contributed by atoms with Gasteiger partial charge in [-0.15, -0.1) is 0 Å². The van der Waals surface area contributed by atoms with Crippen molar-refractivity contribution in [1.82, 2.24) is 10.2 Å². The maximum Gasteiger partial charge on any atom is 0.409 e. The van der Waals surface area contributed by atoms with Crippen molar-refractivity contribution >= 4 is 6.09 Å². The van der Waals surface area contributed by atoms with Crippen LogP contribution in [0.3, 0.4) is 0 Å². The zero-order valence-electron chi connectivity index (χ0n) is 6.96. The van der Waals surface area contributed by atoms with Gasteiger partial charge in [-0.1, -0.05) is 0 Å². The molecule has 0 aromatic rings. The van der Waals surface area contributed by atoms with E-state index in [1.165, 1.54) is 0 Å². The molecule has 4 nitrogen and oxygen atoms in total. The van der Waals surface area contributed by atoms with Crippen molar-refractivity contribution < 1.29 is 9.53 Å². The Labute approximate surface area is 66.5 Å². The number of cyclic esters (lactones) is 1. The van der Waals surface area contributed by atoms with E-state index in [1.54, 1.807) is 4.90 Å². The summed E-state index contributed by atoms with van der Waals surface area (Å²) in [5.41, 5.74) is 0. The van der Waals surface area contributed by atoms with Gasteiger partial charge in [-0.25, -0.2) is 4.79 Å². The molecule has 1 amide bonds. The normalized spacial score (nSPS) is 20.2. The predicted octanol–water partition coefficient (Wildman–Crippen LogP) is 0.0465. The van der Waals surface area contributed by atoms with Gasteiger partial charge in [-0.2, -0.15) is 0 Å². The van der Waals surface area contributed by atoms with Crippen molar-refractivity contribution in [2.75, 3.05) is 26.7 Å². The Kier molecular flexibility index (Phi) is 2.70.